The average Bonchev–Trinajstić information content (AvgIpc) is 3.21. The molecule has 4 nitrogen and oxygen atoms in total. The first-order chi connectivity index (χ1) is 9.52. The number of nitrogens with zero attached hydrogens (tertiary/aromatic N) is 1. The number of hydrogen-bond acceptors (Lipinski definition) is 3. The number of aryl methyl sites for hydroxylation is 1. The van der Waals surface area contributed by atoms with Crippen molar-refractivity contribution in [2.45, 2.75) is 32.4 Å². The Bertz CT molecular complexity index is 501. The number of ether oxygens (including phenoxy) is 1. The minimum absolute atomic E-state index is 0.0465. The summed E-state index contributed by atoms with van der Waals surface area (Å²) >= 11 is 3.49. The molecule has 0 unspecified atom stereocenters. The number of amides is 1. The average molecular weight is 341 g/mol. The van der Waals surface area contributed by atoms with Crippen LogP contribution in [0.5, 0.6) is 5.75 Å². The van der Waals surface area contributed by atoms with Crippen LogP contribution in [-0.2, 0) is 11.3 Å². The summed E-state index contributed by atoms with van der Waals surface area (Å²) < 4.78 is 6.81. The molecule has 1 N–H and O–H groups in total. The molecule has 1 aliphatic rings. The fraction of sp³-hybridized carbons (Fsp3) is 0.533. The van der Waals surface area contributed by atoms with E-state index < -0.39 is 0 Å². The lowest BCUT2D eigenvalue weighted by molar-refractivity contribution is -0.132. The molecule has 1 aliphatic carbocycles. The first-order valence-corrected chi connectivity index (χ1v) is 7.64. The zero-order valence-corrected chi connectivity index (χ0v) is 13.8. The summed E-state index contributed by atoms with van der Waals surface area (Å²) in [5, 5.41) is 3.12. The number of likely N-dealkylation sites (N-methyl/N-ethyl adjacent to an activating group) is 1. The largest absolute Gasteiger partial charge is 0.483 e. The number of halogens is 1. The molecule has 0 heterocycles. The summed E-state index contributed by atoms with van der Waals surface area (Å²) in [5.74, 6) is 0.852. The second kappa shape index (κ2) is 6.59. The van der Waals surface area contributed by atoms with Gasteiger partial charge in [0.1, 0.15) is 5.75 Å². The molecule has 0 bridgehead atoms. The summed E-state index contributed by atoms with van der Waals surface area (Å²) in [5.41, 5.74) is 2.09. The number of rotatable bonds is 6. The Morgan fingerprint density at radius 2 is 2.20 bits per heavy atom. The van der Waals surface area contributed by atoms with Crippen molar-refractivity contribution in [3.05, 3.63) is 27.7 Å². The van der Waals surface area contributed by atoms with Gasteiger partial charge in [-0.15, -0.1) is 0 Å². The van der Waals surface area contributed by atoms with Gasteiger partial charge in [0.05, 0.1) is 0 Å². The monoisotopic (exact) mass is 340 g/mol. The van der Waals surface area contributed by atoms with Crippen LogP contribution in [0.4, 0.5) is 0 Å². The smallest absolute Gasteiger partial charge is 0.260 e. The van der Waals surface area contributed by atoms with Crippen LogP contribution in [0, 0.1) is 6.92 Å². The van der Waals surface area contributed by atoms with E-state index in [2.05, 4.69) is 21.2 Å². The molecular weight excluding hydrogens is 320 g/mol. The normalized spacial score (nSPS) is 14.2. The van der Waals surface area contributed by atoms with E-state index in [4.69, 9.17) is 4.74 Å². The van der Waals surface area contributed by atoms with Crippen LogP contribution in [0.3, 0.4) is 0 Å². The van der Waals surface area contributed by atoms with Crippen LogP contribution in [0.2, 0.25) is 0 Å². The molecule has 20 heavy (non-hydrogen) atoms. The Morgan fingerprint density at radius 3 is 2.80 bits per heavy atom. The SMILES string of the molecule is CNCc1cc(Br)cc(C)c1OCC(=O)N(C)C1CC1. The van der Waals surface area contributed by atoms with Crippen molar-refractivity contribution in [2.75, 3.05) is 20.7 Å². The lowest BCUT2D eigenvalue weighted by Gasteiger charge is -2.19. The Kier molecular flexibility index (Phi) is 5.05. The lowest BCUT2D eigenvalue weighted by atomic mass is 10.1. The standard InChI is InChI=1S/C15H21BrN2O2/c1-10-6-12(16)7-11(8-17-2)15(10)20-9-14(19)18(3)13-4-5-13/h6-7,13,17H,4-5,8-9H2,1-3H3. The van der Waals surface area contributed by atoms with Gasteiger partial charge in [-0.3, -0.25) is 4.79 Å². The van der Waals surface area contributed by atoms with Gasteiger partial charge in [-0.1, -0.05) is 15.9 Å². The molecule has 1 fully saturated rings. The molecule has 1 saturated carbocycles. The van der Waals surface area contributed by atoms with Crippen LogP contribution in [0.15, 0.2) is 16.6 Å². The van der Waals surface area contributed by atoms with Gasteiger partial charge in [0.15, 0.2) is 6.61 Å². The maximum Gasteiger partial charge on any atom is 0.260 e. The van der Waals surface area contributed by atoms with Crippen LogP contribution >= 0.6 is 15.9 Å². The Balaban J connectivity index is 2.05. The summed E-state index contributed by atoms with van der Waals surface area (Å²) in [6.07, 6.45) is 2.23. The summed E-state index contributed by atoms with van der Waals surface area (Å²) in [6, 6.07) is 4.45. The molecule has 1 amide bonds. The zero-order valence-electron chi connectivity index (χ0n) is 12.2. The second-order valence-electron chi connectivity index (χ2n) is 5.27. The molecule has 0 radical (unpaired) electrons. The minimum Gasteiger partial charge on any atom is -0.483 e. The van der Waals surface area contributed by atoms with Crippen molar-refractivity contribution < 1.29 is 9.53 Å². The molecule has 0 aromatic heterocycles. The topological polar surface area (TPSA) is 41.6 Å². The van der Waals surface area contributed by atoms with E-state index in [1.807, 2.05) is 33.2 Å². The van der Waals surface area contributed by atoms with E-state index >= 15 is 0 Å². The van der Waals surface area contributed by atoms with Crippen molar-refractivity contribution >= 4 is 21.8 Å². The van der Waals surface area contributed by atoms with E-state index in [0.29, 0.717) is 12.6 Å². The predicted octanol–water partition coefficient (Wildman–Crippen LogP) is 2.48. The quantitative estimate of drug-likeness (QED) is 0.864. The number of carbonyl (C=O) groups excluding carboxylic acids is 1. The summed E-state index contributed by atoms with van der Waals surface area (Å²) in [4.78, 5) is 13.8. The molecule has 1 aromatic rings. The molecule has 2 rings (SSSR count). The number of nitrogens with one attached hydrogen (secondary N) is 1. The van der Waals surface area contributed by atoms with E-state index in [0.717, 1.165) is 34.2 Å². The van der Waals surface area contributed by atoms with Crippen LogP contribution in [-0.4, -0.2) is 37.6 Å². The zero-order chi connectivity index (χ0) is 14.7. The molecule has 1 aromatic carbocycles. The van der Waals surface area contributed by atoms with Gasteiger partial charge in [0.25, 0.3) is 5.91 Å². The highest BCUT2D eigenvalue weighted by atomic mass is 79.9. The van der Waals surface area contributed by atoms with Crippen LogP contribution < -0.4 is 10.1 Å². The third-order valence-corrected chi connectivity index (χ3v) is 3.97. The van der Waals surface area contributed by atoms with Crippen molar-refractivity contribution in [3.63, 3.8) is 0 Å². The molecule has 0 spiro atoms. The summed E-state index contributed by atoms with van der Waals surface area (Å²) in [6.45, 7) is 2.81. The number of carbonyl (C=O) groups is 1. The highest BCUT2D eigenvalue weighted by Crippen LogP contribution is 2.29. The lowest BCUT2D eigenvalue weighted by Crippen LogP contribution is -2.33. The maximum absolute atomic E-state index is 12.0. The highest BCUT2D eigenvalue weighted by Gasteiger charge is 2.29. The molecular formula is C15H21BrN2O2. The fourth-order valence-corrected chi connectivity index (χ4v) is 2.85. The van der Waals surface area contributed by atoms with Crippen LogP contribution in [0.25, 0.3) is 0 Å². The third-order valence-electron chi connectivity index (χ3n) is 3.51. The number of benzene rings is 1. The van der Waals surface area contributed by atoms with E-state index in [-0.39, 0.29) is 12.5 Å². The molecule has 5 heteroatoms. The molecule has 0 aliphatic heterocycles. The molecule has 0 atom stereocenters. The Hall–Kier alpha value is -1.07. The second-order valence-corrected chi connectivity index (χ2v) is 6.18. The van der Waals surface area contributed by atoms with Gasteiger partial charge in [0, 0.05) is 29.7 Å². The van der Waals surface area contributed by atoms with Crippen molar-refractivity contribution in [3.8, 4) is 5.75 Å². The molecule has 0 saturated heterocycles. The van der Waals surface area contributed by atoms with Gasteiger partial charge < -0.3 is 15.0 Å². The summed E-state index contributed by atoms with van der Waals surface area (Å²) in [7, 11) is 3.75. The Morgan fingerprint density at radius 1 is 1.50 bits per heavy atom. The number of hydrogen-bond donors (Lipinski definition) is 1. The van der Waals surface area contributed by atoms with E-state index in [1.54, 1.807) is 4.90 Å². The van der Waals surface area contributed by atoms with E-state index in [1.165, 1.54) is 0 Å². The highest BCUT2D eigenvalue weighted by molar-refractivity contribution is 9.10. The first kappa shape index (κ1) is 15.3. The van der Waals surface area contributed by atoms with Gasteiger partial charge in [-0.05, 0) is 44.5 Å². The van der Waals surface area contributed by atoms with Crippen molar-refractivity contribution in [1.82, 2.24) is 10.2 Å². The minimum atomic E-state index is 0.0465. The Labute approximate surface area is 128 Å². The maximum atomic E-state index is 12.0. The van der Waals surface area contributed by atoms with Crippen molar-refractivity contribution in [1.29, 1.82) is 0 Å². The third kappa shape index (κ3) is 3.73. The van der Waals surface area contributed by atoms with Gasteiger partial charge in [-0.2, -0.15) is 0 Å². The predicted molar refractivity (Wildman–Crippen MR) is 82.9 cm³/mol. The van der Waals surface area contributed by atoms with Crippen molar-refractivity contribution in [2.24, 2.45) is 0 Å². The fourth-order valence-electron chi connectivity index (χ4n) is 2.23. The van der Waals surface area contributed by atoms with Crippen LogP contribution in [0.1, 0.15) is 24.0 Å². The van der Waals surface area contributed by atoms with Gasteiger partial charge in [0.2, 0.25) is 0 Å². The van der Waals surface area contributed by atoms with E-state index in [9.17, 15) is 4.79 Å². The first-order valence-electron chi connectivity index (χ1n) is 6.85. The van der Waals surface area contributed by atoms with Gasteiger partial charge >= 0.3 is 0 Å². The molecule has 110 valence electrons. The van der Waals surface area contributed by atoms with Gasteiger partial charge in [-0.25, -0.2) is 0 Å².